The fourth-order valence-corrected chi connectivity index (χ4v) is 6.26. The molecule has 7 atom stereocenters. The summed E-state index contributed by atoms with van der Waals surface area (Å²) in [4.78, 5) is 37.5. The maximum absolute atomic E-state index is 13.0. The molecule has 2 heterocycles. The van der Waals surface area contributed by atoms with Crippen LogP contribution in [0.2, 0.25) is 0 Å². The lowest BCUT2D eigenvalue weighted by molar-refractivity contribution is -0.210. The van der Waals surface area contributed by atoms with Gasteiger partial charge < -0.3 is 23.7 Å². The highest BCUT2D eigenvalue weighted by atomic mass is 16.6. The topological polar surface area (TPSA) is 112 Å². The van der Waals surface area contributed by atoms with E-state index in [1.165, 1.54) is 26.4 Å². The maximum Gasteiger partial charge on any atom is 0.334 e. The van der Waals surface area contributed by atoms with Crippen molar-refractivity contribution in [3.8, 4) is 0 Å². The summed E-state index contributed by atoms with van der Waals surface area (Å²) in [6.07, 6.45) is 3.40. The van der Waals surface area contributed by atoms with Crippen molar-refractivity contribution < 1.29 is 38.1 Å². The number of carbonyl (C=O) groups is 3. The second kappa shape index (κ2) is 7.51. The molecule has 0 radical (unpaired) electrons. The molecule has 1 saturated carbocycles. The zero-order chi connectivity index (χ0) is 22.6. The molecular formula is C23H28O8. The van der Waals surface area contributed by atoms with Crippen molar-refractivity contribution in [3.63, 3.8) is 0 Å². The number of aliphatic hydroxyl groups is 1. The van der Waals surface area contributed by atoms with E-state index in [0.717, 1.165) is 5.56 Å². The van der Waals surface area contributed by atoms with Crippen LogP contribution >= 0.6 is 0 Å². The summed E-state index contributed by atoms with van der Waals surface area (Å²) in [6, 6.07) is 1.75. The highest BCUT2D eigenvalue weighted by Crippen LogP contribution is 2.65. The van der Waals surface area contributed by atoms with Crippen LogP contribution < -0.4 is 0 Å². The van der Waals surface area contributed by atoms with Crippen LogP contribution in [0.3, 0.4) is 0 Å². The Kier molecular flexibility index (Phi) is 5.24. The zero-order valence-corrected chi connectivity index (χ0v) is 18.1. The minimum Gasteiger partial charge on any atom is -0.472 e. The minimum absolute atomic E-state index is 0.326. The molecule has 8 nitrogen and oxygen atoms in total. The van der Waals surface area contributed by atoms with Crippen molar-refractivity contribution in [1.82, 2.24) is 0 Å². The van der Waals surface area contributed by atoms with Gasteiger partial charge in [0, 0.05) is 29.4 Å². The molecule has 2 fully saturated rings. The Balaban J connectivity index is 1.82. The quantitative estimate of drug-likeness (QED) is 0.573. The van der Waals surface area contributed by atoms with Crippen LogP contribution in [-0.4, -0.2) is 42.3 Å². The molecule has 8 heteroatoms. The van der Waals surface area contributed by atoms with Crippen molar-refractivity contribution in [3.05, 3.63) is 35.8 Å². The van der Waals surface area contributed by atoms with Crippen LogP contribution in [0.5, 0.6) is 0 Å². The summed E-state index contributed by atoms with van der Waals surface area (Å²) in [5.74, 6) is -2.40. The molecule has 1 N–H and O–H groups in total. The molecule has 31 heavy (non-hydrogen) atoms. The van der Waals surface area contributed by atoms with Gasteiger partial charge in [0.05, 0.1) is 31.7 Å². The van der Waals surface area contributed by atoms with Crippen LogP contribution in [0.1, 0.15) is 51.7 Å². The number of cyclic esters (lactones) is 1. The summed E-state index contributed by atoms with van der Waals surface area (Å²) in [6.45, 7) is 5.13. The SMILES string of the molecule is COC(=O)C1=C[C@H](OC(C)=O)C(O)C2[C@@]1(C)CC[C@H]1C(=O)O[C@H](c3ccoc3)C[C@]21C. The van der Waals surface area contributed by atoms with E-state index >= 15 is 0 Å². The third kappa shape index (κ3) is 3.28. The highest BCUT2D eigenvalue weighted by molar-refractivity contribution is 5.91. The number of carbonyl (C=O) groups excluding carboxylic acids is 3. The summed E-state index contributed by atoms with van der Waals surface area (Å²) in [5, 5.41) is 11.4. The van der Waals surface area contributed by atoms with Crippen LogP contribution in [0, 0.1) is 22.7 Å². The smallest absolute Gasteiger partial charge is 0.334 e. The molecule has 0 amide bonds. The fourth-order valence-electron chi connectivity index (χ4n) is 6.26. The van der Waals surface area contributed by atoms with Gasteiger partial charge in [0.15, 0.2) is 0 Å². The summed E-state index contributed by atoms with van der Waals surface area (Å²) in [5.41, 5.74) is -0.358. The molecular weight excluding hydrogens is 404 g/mol. The number of fused-ring (bicyclic) bond motifs is 3. The van der Waals surface area contributed by atoms with Gasteiger partial charge in [0.2, 0.25) is 0 Å². The van der Waals surface area contributed by atoms with Crippen LogP contribution in [0.15, 0.2) is 34.7 Å². The Hall–Kier alpha value is -2.61. The molecule has 0 aromatic carbocycles. The lowest BCUT2D eigenvalue weighted by atomic mass is 9.44. The highest BCUT2D eigenvalue weighted by Gasteiger charge is 2.65. The van der Waals surface area contributed by atoms with Crippen molar-refractivity contribution >= 4 is 17.9 Å². The van der Waals surface area contributed by atoms with Crippen molar-refractivity contribution in [2.75, 3.05) is 7.11 Å². The lowest BCUT2D eigenvalue weighted by Gasteiger charge is -2.61. The molecule has 4 rings (SSSR count). The molecule has 2 unspecified atom stereocenters. The van der Waals surface area contributed by atoms with E-state index in [2.05, 4.69) is 0 Å². The van der Waals surface area contributed by atoms with Crippen LogP contribution in [-0.2, 0) is 28.6 Å². The lowest BCUT2D eigenvalue weighted by Crippen LogP contribution is -2.63. The van der Waals surface area contributed by atoms with Gasteiger partial charge in [-0.05, 0) is 36.8 Å². The van der Waals surface area contributed by atoms with Gasteiger partial charge in [0.1, 0.15) is 12.2 Å². The predicted molar refractivity (Wildman–Crippen MR) is 106 cm³/mol. The van der Waals surface area contributed by atoms with E-state index in [9.17, 15) is 19.5 Å². The first kappa shape index (κ1) is 21.6. The molecule has 0 spiro atoms. The minimum atomic E-state index is -1.09. The molecule has 1 aliphatic heterocycles. The largest absolute Gasteiger partial charge is 0.472 e. The number of hydrogen-bond donors (Lipinski definition) is 1. The average Bonchev–Trinajstić information content (AvgIpc) is 3.23. The molecule has 1 aromatic rings. The standard InChI is InChI=1S/C23H28O8/c1-12(24)30-16-9-15(20(26)28-4)22(2)7-5-14-21(27)31-17(13-6-8-29-11-13)10-23(14,3)19(22)18(16)25/h6,8-9,11,14,16-19,25H,5,7,10H2,1-4H3/t14-,16-,17-,18?,19?,22-,23-/m0/s1. The second-order valence-corrected chi connectivity index (χ2v) is 9.32. The first-order valence-electron chi connectivity index (χ1n) is 10.5. The molecule has 2 aliphatic carbocycles. The van der Waals surface area contributed by atoms with Crippen molar-refractivity contribution in [1.29, 1.82) is 0 Å². The predicted octanol–water partition coefficient (Wildman–Crippen LogP) is 2.71. The molecule has 168 valence electrons. The van der Waals surface area contributed by atoms with Gasteiger partial charge in [-0.1, -0.05) is 13.8 Å². The van der Waals surface area contributed by atoms with E-state index in [0.29, 0.717) is 24.8 Å². The Morgan fingerprint density at radius 3 is 2.65 bits per heavy atom. The normalized spacial score (nSPS) is 39.5. The first-order chi connectivity index (χ1) is 14.6. The molecule has 1 aromatic heterocycles. The third-order valence-electron chi connectivity index (χ3n) is 7.56. The molecule has 1 saturated heterocycles. The molecule has 0 bridgehead atoms. The Morgan fingerprint density at radius 1 is 1.29 bits per heavy atom. The second-order valence-electron chi connectivity index (χ2n) is 9.32. The summed E-state index contributed by atoms with van der Waals surface area (Å²) < 4.78 is 21.3. The maximum atomic E-state index is 13.0. The number of furan rings is 1. The van der Waals surface area contributed by atoms with E-state index < -0.39 is 52.9 Å². The van der Waals surface area contributed by atoms with E-state index in [-0.39, 0.29) is 5.97 Å². The van der Waals surface area contributed by atoms with Crippen LogP contribution in [0.25, 0.3) is 0 Å². The molecule has 3 aliphatic rings. The van der Waals surface area contributed by atoms with Gasteiger partial charge in [-0.15, -0.1) is 0 Å². The number of methoxy groups -OCH3 is 1. The third-order valence-corrected chi connectivity index (χ3v) is 7.56. The van der Waals surface area contributed by atoms with Crippen LogP contribution in [0.4, 0.5) is 0 Å². The summed E-state index contributed by atoms with van der Waals surface area (Å²) in [7, 11) is 1.30. The van der Waals surface area contributed by atoms with Gasteiger partial charge in [-0.25, -0.2) is 4.79 Å². The van der Waals surface area contributed by atoms with Gasteiger partial charge in [0.25, 0.3) is 0 Å². The van der Waals surface area contributed by atoms with Gasteiger partial charge >= 0.3 is 17.9 Å². The summed E-state index contributed by atoms with van der Waals surface area (Å²) >= 11 is 0. The Morgan fingerprint density at radius 2 is 2.03 bits per heavy atom. The van der Waals surface area contributed by atoms with Crippen molar-refractivity contribution in [2.24, 2.45) is 22.7 Å². The number of rotatable bonds is 3. The Labute approximate surface area is 180 Å². The number of ether oxygens (including phenoxy) is 3. The zero-order valence-electron chi connectivity index (χ0n) is 18.1. The van der Waals surface area contributed by atoms with Gasteiger partial charge in [-0.2, -0.15) is 0 Å². The fraction of sp³-hybridized carbons (Fsp3) is 0.609. The van der Waals surface area contributed by atoms with E-state index in [1.54, 1.807) is 12.3 Å². The van der Waals surface area contributed by atoms with Crippen molar-refractivity contribution in [2.45, 2.75) is 58.3 Å². The number of esters is 3. The van der Waals surface area contributed by atoms with Gasteiger partial charge in [-0.3, -0.25) is 9.59 Å². The number of aliphatic hydroxyl groups excluding tert-OH is 1. The van der Waals surface area contributed by atoms with E-state index in [1.807, 2.05) is 13.8 Å². The average molecular weight is 432 g/mol. The monoisotopic (exact) mass is 432 g/mol. The first-order valence-corrected chi connectivity index (χ1v) is 10.5. The van der Waals surface area contributed by atoms with E-state index in [4.69, 9.17) is 18.6 Å². The number of hydrogen-bond acceptors (Lipinski definition) is 8. The Bertz CT molecular complexity index is 918.